The van der Waals surface area contributed by atoms with E-state index in [4.69, 9.17) is 4.52 Å². The van der Waals surface area contributed by atoms with Gasteiger partial charge in [0.05, 0.1) is 0 Å². The molecule has 1 aromatic carbocycles. The molecule has 0 aliphatic rings. The fourth-order valence-corrected chi connectivity index (χ4v) is 1.61. The second kappa shape index (κ2) is 4.21. The lowest BCUT2D eigenvalue weighted by atomic mass is 10.1. The number of hydrogen-bond acceptors (Lipinski definition) is 4. The fourth-order valence-electron chi connectivity index (χ4n) is 1.61. The van der Waals surface area contributed by atoms with Gasteiger partial charge in [-0.15, -0.1) is 0 Å². The van der Waals surface area contributed by atoms with Crippen molar-refractivity contribution in [1.29, 1.82) is 0 Å². The van der Waals surface area contributed by atoms with Gasteiger partial charge < -0.3 is 4.52 Å². The average molecular weight is 226 g/mol. The summed E-state index contributed by atoms with van der Waals surface area (Å²) in [5.74, 6) is 0.759. The number of rotatable bonds is 3. The monoisotopic (exact) mass is 226 g/mol. The molecule has 2 aromatic heterocycles. The molecule has 0 spiro atoms. The minimum absolute atomic E-state index is 0.542. The van der Waals surface area contributed by atoms with Crippen LogP contribution in [-0.4, -0.2) is 19.9 Å². The first-order valence-electron chi connectivity index (χ1n) is 5.25. The molecule has 84 valence electrons. The molecule has 3 rings (SSSR count). The maximum absolute atomic E-state index is 5.25. The second-order valence-electron chi connectivity index (χ2n) is 3.64. The van der Waals surface area contributed by atoms with Crippen LogP contribution in [0.5, 0.6) is 0 Å². The van der Waals surface area contributed by atoms with Gasteiger partial charge in [0.1, 0.15) is 24.9 Å². The van der Waals surface area contributed by atoms with Crippen LogP contribution in [0.1, 0.15) is 5.76 Å². The maximum Gasteiger partial charge on any atom is 0.158 e. The van der Waals surface area contributed by atoms with Crippen molar-refractivity contribution in [3.63, 3.8) is 0 Å². The summed E-state index contributed by atoms with van der Waals surface area (Å²) in [6.45, 7) is 0.542. The Kier molecular flexibility index (Phi) is 2.42. The Hall–Kier alpha value is -2.43. The van der Waals surface area contributed by atoms with Gasteiger partial charge in [-0.2, -0.15) is 5.10 Å². The van der Waals surface area contributed by atoms with Crippen LogP contribution >= 0.6 is 0 Å². The van der Waals surface area contributed by atoms with E-state index in [1.54, 1.807) is 11.0 Å². The Morgan fingerprint density at radius 2 is 2.06 bits per heavy atom. The summed E-state index contributed by atoms with van der Waals surface area (Å²) >= 11 is 0. The zero-order valence-electron chi connectivity index (χ0n) is 9.02. The Labute approximate surface area is 97.7 Å². The van der Waals surface area contributed by atoms with E-state index < -0.39 is 0 Å². The highest BCUT2D eigenvalue weighted by Gasteiger charge is 2.06. The molecule has 5 nitrogen and oxygen atoms in total. The smallest absolute Gasteiger partial charge is 0.158 e. The Morgan fingerprint density at radius 3 is 2.82 bits per heavy atom. The molecule has 5 heteroatoms. The zero-order chi connectivity index (χ0) is 11.5. The van der Waals surface area contributed by atoms with Crippen molar-refractivity contribution >= 4 is 0 Å². The van der Waals surface area contributed by atoms with Gasteiger partial charge in [0.25, 0.3) is 0 Å². The van der Waals surface area contributed by atoms with E-state index in [1.807, 2.05) is 36.4 Å². The van der Waals surface area contributed by atoms with E-state index in [9.17, 15) is 0 Å². The summed E-state index contributed by atoms with van der Waals surface area (Å²) in [5, 5.41) is 8.04. The van der Waals surface area contributed by atoms with Gasteiger partial charge in [-0.05, 0) is 0 Å². The van der Waals surface area contributed by atoms with Crippen molar-refractivity contribution in [2.24, 2.45) is 0 Å². The predicted molar refractivity (Wildman–Crippen MR) is 61.1 cm³/mol. The highest BCUT2D eigenvalue weighted by molar-refractivity contribution is 5.58. The molecule has 0 atom stereocenters. The summed E-state index contributed by atoms with van der Waals surface area (Å²) in [5.41, 5.74) is 1.88. The third-order valence-corrected chi connectivity index (χ3v) is 2.41. The lowest BCUT2D eigenvalue weighted by Gasteiger charge is -1.93. The molecule has 0 saturated carbocycles. The molecular weight excluding hydrogens is 216 g/mol. The first kappa shape index (κ1) is 9.77. The van der Waals surface area contributed by atoms with E-state index in [1.165, 1.54) is 6.33 Å². The van der Waals surface area contributed by atoms with Gasteiger partial charge >= 0.3 is 0 Å². The van der Waals surface area contributed by atoms with Gasteiger partial charge in [0, 0.05) is 11.6 Å². The number of nitrogens with zero attached hydrogens (tertiary/aromatic N) is 4. The van der Waals surface area contributed by atoms with Gasteiger partial charge in [-0.25, -0.2) is 9.67 Å². The molecule has 0 aliphatic heterocycles. The highest BCUT2D eigenvalue weighted by Crippen LogP contribution is 2.18. The summed E-state index contributed by atoms with van der Waals surface area (Å²) in [7, 11) is 0. The number of aromatic nitrogens is 4. The van der Waals surface area contributed by atoms with Gasteiger partial charge in [0.2, 0.25) is 0 Å². The van der Waals surface area contributed by atoms with Crippen molar-refractivity contribution in [3.8, 4) is 11.3 Å². The number of benzene rings is 1. The normalized spacial score (nSPS) is 10.6. The first-order valence-corrected chi connectivity index (χ1v) is 5.25. The van der Waals surface area contributed by atoms with Gasteiger partial charge in [-0.1, -0.05) is 35.5 Å². The third-order valence-electron chi connectivity index (χ3n) is 2.41. The van der Waals surface area contributed by atoms with Crippen LogP contribution in [0, 0.1) is 0 Å². The molecule has 0 saturated heterocycles. The molecule has 2 heterocycles. The Balaban J connectivity index is 1.84. The number of hydrogen-bond donors (Lipinski definition) is 0. The molecule has 0 bridgehead atoms. The van der Waals surface area contributed by atoms with Crippen LogP contribution in [0.15, 0.2) is 53.6 Å². The minimum atomic E-state index is 0.542. The van der Waals surface area contributed by atoms with Crippen molar-refractivity contribution in [2.75, 3.05) is 0 Å². The second-order valence-corrected chi connectivity index (χ2v) is 3.64. The van der Waals surface area contributed by atoms with Crippen LogP contribution in [0.25, 0.3) is 11.3 Å². The molecule has 0 radical (unpaired) electrons. The van der Waals surface area contributed by atoms with Crippen LogP contribution in [0.4, 0.5) is 0 Å². The molecule has 0 N–H and O–H groups in total. The quantitative estimate of drug-likeness (QED) is 0.685. The summed E-state index contributed by atoms with van der Waals surface area (Å²) in [4.78, 5) is 3.87. The molecule has 0 fully saturated rings. The lowest BCUT2D eigenvalue weighted by molar-refractivity contribution is 0.373. The molecule has 0 amide bonds. The van der Waals surface area contributed by atoms with Crippen LogP contribution in [0.2, 0.25) is 0 Å². The third kappa shape index (κ3) is 2.08. The Bertz CT molecular complexity index is 586. The van der Waals surface area contributed by atoms with Crippen molar-refractivity contribution in [1.82, 2.24) is 19.9 Å². The topological polar surface area (TPSA) is 56.7 Å². The van der Waals surface area contributed by atoms with Crippen molar-refractivity contribution < 1.29 is 4.52 Å². The minimum Gasteiger partial charge on any atom is -0.359 e. The van der Waals surface area contributed by atoms with Crippen LogP contribution in [-0.2, 0) is 6.54 Å². The van der Waals surface area contributed by atoms with E-state index in [-0.39, 0.29) is 0 Å². The first-order chi connectivity index (χ1) is 8.42. The maximum atomic E-state index is 5.25. The van der Waals surface area contributed by atoms with E-state index in [2.05, 4.69) is 15.2 Å². The fraction of sp³-hybridized carbons (Fsp3) is 0.0833. The standard InChI is InChI=1S/C12H10N4O/c1-2-4-10(5-3-1)12-6-11(17-15-12)7-16-9-13-8-14-16/h1-6,8-9H,7H2. The van der Waals surface area contributed by atoms with E-state index in [0.717, 1.165) is 17.0 Å². The van der Waals surface area contributed by atoms with Gasteiger partial charge in [0.15, 0.2) is 5.76 Å². The van der Waals surface area contributed by atoms with Crippen LogP contribution < -0.4 is 0 Å². The molecule has 17 heavy (non-hydrogen) atoms. The van der Waals surface area contributed by atoms with Crippen molar-refractivity contribution in [2.45, 2.75) is 6.54 Å². The molecule has 3 aromatic rings. The Morgan fingerprint density at radius 1 is 1.18 bits per heavy atom. The molecule has 0 unspecified atom stereocenters. The zero-order valence-corrected chi connectivity index (χ0v) is 9.02. The molecular formula is C12H10N4O. The van der Waals surface area contributed by atoms with E-state index >= 15 is 0 Å². The summed E-state index contributed by atoms with van der Waals surface area (Å²) in [6, 6.07) is 11.8. The van der Waals surface area contributed by atoms with Gasteiger partial charge in [-0.3, -0.25) is 0 Å². The van der Waals surface area contributed by atoms with E-state index in [0.29, 0.717) is 6.54 Å². The SMILES string of the molecule is c1ccc(-c2cc(Cn3cncn3)on2)cc1. The average Bonchev–Trinajstić information content (AvgIpc) is 3.02. The largest absolute Gasteiger partial charge is 0.359 e. The summed E-state index contributed by atoms with van der Waals surface area (Å²) < 4.78 is 6.94. The van der Waals surface area contributed by atoms with Crippen LogP contribution in [0.3, 0.4) is 0 Å². The summed E-state index contributed by atoms with van der Waals surface area (Å²) in [6.07, 6.45) is 3.14. The molecule has 0 aliphatic carbocycles. The lowest BCUT2D eigenvalue weighted by Crippen LogP contribution is -1.98. The predicted octanol–water partition coefficient (Wildman–Crippen LogP) is 1.98. The highest BCUT2D eigenvalue weighted by atomic mass is 16.5. The van der Waals surface area contributed by atoms with Crippen molar-refractivity contribution in [3.05, 3.63) is 54.8 Å².